The summed E-state index contributed by atoms with van der Waals surface area (Å²) in [6.07, 6.45) is 5.60. The minimum Gasteiger partial charge on any atom is -0.0882 e. The lowest BCUT2D eigenvalue weighted by Crippen LogP contribution is -1.86. The second kappa shape index (κ2) is 8.55. The summed E-state index contributed by atoms with van der Waals surface area (Å²) < 4.78 is 0. The van der Waals surface area contributed by atoms with Crippen LogP contribution in [-0.2, 0) is 0 Å². The Morgan fingerprint density at radius 2 is 1.71 bits per heavy atom. The summed E-state index contributed by atoms with van der Waals surface area (Å²) in [7, 11) is 0. The van der Waals surface area contributed by atoms with Gasteiger partial charge in [0.05, 0.1) is 0 Å². The Kier molecular flexibility index (Phi) is 7.92. The molecule has 1 aromatic carbocycles. The zero-order valence-electron chi connectivity index (χ0n) is 9.83. The molecule has 0 radical (unpaired) electrons. The highest BCUT2D eigenvalue weighted by atomic mass is 14.0. The van der Waals surface area contributed by atoms with Crippen molar-refractivity contribution in [3.05, 3.63) is 48.0 Å². The van der Waals surface area contributed by atoms with Gasteiger partial charge in [-0.2, -0.15) is 0 Å². The van der Waals surface area contributed by atoms with Gasteiger partial charge >= 0.3 is 0 Å². The van der Waals surface area contributed by atoms with E-state index in [1.807, 2.05) is 13.8 Å². The minimum atomic E-state index is 0.547. The molecule has 14 heavy (non-hydrogen) atoms. The van der Waals surface area contributed by atoms with Gasteiger partial charge < -0.3 is 0 Å². The molecule has 0 heteroatoms. The fourth-order valence-corrected chi connectivity index (χ4v) is 1.21. The number of hydrogen-bond acceptors (Lipinski definition) is 0. The van der Waals surface area contributed by atoms with Gasteiger partial charge in [-0.1, -0.05) is 70.2 Å². The monoisotopic (exact) mass is 190 g/mol. The lowest BCUT2D eigenvalue weighted by atomic mass is 10.0. The van der Waals surface area contributed by atoms with Crippen molar-refractivity contribution >= 4 is 0 Å². The molecule has 0 saturated carbocycles. The zero-order valence-corrected chi connectivity index (χ0v) is 9.83. The van der Waals surface area contributed by atoms with Crippen LogP contribution in [0, 0.1) is 0 Å². The van der Waals surface area contributed by atoms with E-state index in [0.717, 1.165) is 6.42 Å². The van der Waals surface area contributed by atoms with Gasteiger partial charge in [0.1, 0.15) is 0 Å². The molecule has 0 aromatic heterocycles. The quantitative estimate of drug-likeness (QED) is 0.601. The van der Waals surface area contributed by atoms with Gasteiger partial charge in [-0.15, -0.1) is 0 Å². The summed E-state index contributed by atoms with van der Waals surface area (Å²) in [5.41, 5.74) is 1.39. The smallest absolute Gasteiger partial charge is 0.00104 e. The lowest BCUT2D eigenvalue weighted by Gasteiger charge is -2.04. The second-order valence-electron chi connectivity index (χ2n) is 3.04. The second-order valence-corrected chi connectivity index (χ2v) is 3.04. The number of allylic oxidation sites excluding steroid dienone is 2. The van der Waals surface area contributed by atoms with Gasteiger partial charge in [0.25, 0.3) is 0 Å². The Labute approximate surface area is 88.7 Å². The van der Waals surface area contributed by atoms with Crippen molar-refractivity contribution in [2.75, 3.05) is 0 Å². The number of rotatable bonds is 3. The first-order valence-corrected chi connectivity index (χ1v) is 5.56. The molecule has 1 unspecified atom stereocenters. The predicted molar refractivity (Wildman–Crippen MR) is 65.6 cm³/mol. The molecule has 0 N–H and O–H groups in total. The summed E-state index contributed by atoms with van der Waals surface area (Å²) >= 11 is 0. The van der Waals surface area contributed by atoms with Crippen LogP contribution < -0.4 is 0 Å². The molecular formula is C14H22. The largest absolute Gasteiger partial charge is 0.0882 e. The first kappa shape index (κ1) is 13.0. The van der Waals surface area contributed by atoms with Crippen LogP contribution in [0.1, 0.15) is 45.6 Å². The number of hydrogen-bond donors (Lipinski definition) is 0. The third-order valence-corrected chi connectivity index (χ3v) is 1.99. The van der Waals surface area contributed by atoms with Crippen LogP contribution in [0.3, 0.4) is 0 Å². The van der Waals surface area contributed by atoms with Crippen molar-refractivity contribution in [2.24, 2.45) is 0 Å². The van der Waals surface area contributed by atoms with Crippen LogP contribution in [0.4, 0.5) is 0 Å². The molecule has 1 rings (SSSR count). The topological polar surface area (TPSA) is 0 Å². The maximum Gasteiger partial charge on any atom is -0.00104 e. The number of benzene rings is 1. The first-order valence-electron chi connectivity index (χ1n) is 5.56. The molecule has 1 aromatic rings. The van der Waals surface area contributed by atoms with E-state index in [4.69, 9.17) is 0 Å². The highest BCUT2D eigenvalue weighted by Gasteiger charge is 1.97. The van der Waals surface area contributed by atoms with Crippen LogP contribution in [0.15, 0.2) is 42.5 Å². The standard InChI is InChI=1S/C12H16.C2H6/c1-3-4-8-11(2)12-9-6-5-7-10-12;1-2/h4-11H,3H2,1-2H3;1-2H3. The van der Waals surface area contributed by atoms with Crippen molar-refractivity contribution in [3.63, 3.8) is 0 Å². The minimum absolute atomic E-state index is 0.547. The van der Waals surface area contributed by atoms with E-state index in [-0.39, 0.29) is 0 Å². The summed E-state index contributed by atoms with van der Waals surface area (Å²) in [6.45, 7) is 8.38. The van der Waals surface area contributed by atoms with Crippen LogP contribution in [0.5, 0.6) is 0 Å². The Morgan fingerprint density at radius 1 is 1.14 bits per heavy atom. The molecule has 0 heterocycles. The maximum atomic E-state index is 2.26. The molecule has 0 bridgehead atoms. The van der Waals surface area contributed by atoms with Gasteiger partial charge in [-0.05, 0) is 17.9 Å². The summed E-state index contributed by atoms with van der Waals surface area (Å²) in [5, 5.41) is 0. The summed E-state index contributed by atoms with van der Waals surface area (Å²) in [4.78, 5) is 0. The average molecular weight is 190 g/mol. The molecule has 0 spiro atoms. The summed E-state index contributed by atoms with van der Waals surface area (Å²) in [5.74, 6) is 0.547. The molecular weight excluding hydrogens is 168 g/mol. The zero-order chi connectivity index (χ0) is 10.8. The lowest BCUT2D eigenvalue weighted by molar-refractivity contribution is 0.957. The average Bonchev–Trinajstić information content (AvgIpc) is 2.30. The van der Waals surface area contributed by atoms with Crippen LogP contribution in [-0.4, -0.2) is 0 Å². The molecule has 0 aliphatic heterocycles. The fraction of sp³-hybridized carbons (Fsp3) is 0.429. The van der Waals surface area contributed by atoms with E-state index in [2.05, 4.69) is 56.3 Å². The fourth-order valence-electron chi connectivity index (χ4n) is 1.21. The molecule has 0 aliphatic carbocycles. The third-order valence-electron chi connectivity index (χ3n) is 1.99. The SMILES string of the molecule is CC.CCC=CC(C)c1ccccc1. The van der Waals surface area contributed by atoms with Crippen LogP contribution in [0.2, 0.25) is 0 Å². The highest BCUT2D eigenvalue weighted by molar-refractivity contribution is 5.22. The van der Waals surface area contributed by atoms with E-state index in [1.165, 1.54) is 5.56 Å². The van der Waals surface area contributed by atoms with E-state index in [0.29, 0.717) is 5.92 Å². The molecule has 0 amide bonds. The first-order chi connectivity index (χ1) is 6.84. The molecule has 0 fully saturated rings. The normalized spacial score (nSPS) is 12.0. The highest BCUT2D eigenvalue weighted by Crippen LogP contribution is 2.15. The summed E-state index contributed by atoms with van der Waals surface area (Å²) in [6, 6.07) is 10.6. The van der Waals surface area contributed by atoms with E-state index >= 15 is 0 Å². The van der Waals surface area contributed by atoms with Crippen molar-refractivity contribution in [3.8, 4) is 0 Å². The molecule has 78 valence electrons. The molecule has 0 saturated heterocycles. The van der Waals surface area contributed by atoms with Crippen molar-refractivity contribution < 1.29 is 0 Å². The van der Waals surface area contributed by atoms with E-state index in [1.54, 1.807) is 0 Å². The van der Waals surface area contributed by atoms with E-state index in [9.17, 15) is 0 Å². The molecule has 0 aliphatic rings. The Morgan fingerprint density at radius 3 is 2.21 bits per heavy atom. The molecule has 1 atom stereocenters. The predicted octanol–water partition coefficient (Wildman–Crippen LogP) is 4.78. The van der Waals surface area contributed by atoms with Crippen LogP contribution >= 0.6 is 0 Å². The molecule has 0 nitrogen and oxygen atoms in total. The van der Waals surface area contributed by atoms with E-state index < -0.39 is 0 Å². The Hall–Kier alpha value is -1.04. The van der Waals surface area contributed by atoms with Crippen molar-refractivity contribution in [2.45, 2.75) is 40.0 Å². The Bertz CT molecular complexity index is 233. The van der Waals surface area contributed by atoms with Gasteiger partial charge in [0.15, 0.2) is 0 Å². The maximum absolute atomic E-state index is 2.26. The van der Waals surface area contributed by atoms with Gasteiger partial charge in [0, 0.05) is 0 Å². The Balaban J connectivity index is 0.000000791. The van der Waals surface area contributed by atoms with Gasteiger partial charge in [-0.25, -0.2) is 0 Å². The third kappa shape index (κ3) is 4.86. The van der Waals surface area contributed by atoms with Gasteiger partial charge in [0.2, 0.25) is 0 Å². The van der Waals surface area contributed by atoms with Crippen LogP contribution in [0.25, 0.3) is 0 Å². The van der Waals surface area contributed by atoms with Crippen molar-refractivity contribution in [1.29, 1.82) is 0 Å². The van der Waals surface area contributed by atoms with Gasteiger partial charge in [-0.3, -0.25) is 0 Å². The van der Waals surface area contributed by atoms with Crippen molar-refractivity contribution in [1.82, 2.24) is 0 Å².